The largest absolute Gasteiger partial charge is 0.383 e. The highest BCUT2D eigenvalue weighted by Gasteiger charge is 2.12. The van der Waals surface area contributed by atoms with Gasteiger partial charge in [-0.3, -0.25) is 0 Å². The summed E-state index contributed by atoms with van der Waals surface area (Å²) in [6.45, 7) is 1.77. The molecule has 0 bridgehead atoms. The van der Waals surface area contributed by atoms with Gasteiger partial charge in [0.25, 0.3) is 0 Å². The van der Waals surface area contributed by atoms with Gasteiger partial charge in [0.05, 0.1) is 16.3 Å². The summed E-state index contributed by atoms with van der Waals surface area (Å²) < 4.78 is 13.2. The molecule has 1 aromatic carbocycles. The molecule has 21 heavy (non-hydrogen) atoms. The van der Waals surface area contributed by atoms with Gasteiger partial charge < -0.3 is 5.73 Å². The van der Waals surface area contributed by atoms with E-state index in [1.165, 1.54) is 17.4 Å². The van der Waals surface area contributed by atoms with Crippen molar-refractivity contribution < 1.29 is 4.39 Å². The Balaban J connectivity index is 2.01. The SMILES string of the molecule is Cc1ncc(-c2nc(-c3ccc(F)c(Cl)c3)cs2)c(N)n1. The summed E-state index contributed by atoms with van der Waals surface area (Å²) in [4.78, 5) is 12.7. The van der Waals surface area contributed by atoms with Gasteiger partial charge >= 0.3 is 0 Å². The zero-order valence-corrected chi connectivity index (χ0v) is 12.5. The number of halogens is 2. The van der Waals surface area contributed by atoms with Crippen LogP contribution in [-0.4, -0.2) is 15.0 Å². The Morgan fingerprint density at radius 3 is 2.81 bits per heavy atom. The summed E-state index contributed by atoms with van der Waals surface area (Å²) in [7, 11) is 0. The number of hydrogen-bond donors (Lipinski definition) is 1. The summed E-state index contributed by atoms with van der Waals surface area (Å²) in [5.74, 6) is 0.547. The van der Waals surface area contributed by atoms with E-state index in [1.54, 1.807) is 25.3 Å². The fourth-order valence-corrected chi connectivity index (χ4v) is 2.87. The molecule has 0 aliphatic heterocycles. The molecule has 7 heteroatoms. The Labute approximate surface area is 129 Å². The number of rotatable bonds is 2. The second-order valence-electron chi connectivity index (χ2n) is 4.38. The molecular weight excluding hydrogens is 311 g/mol. The van der Waals surface area contributed by atoms with Crippen LogP contribution in [0.1, 0.15) is 5.82 Å². The molecule has 3 aromatic rings. The van der Waals surface area contributed by atoms with Crippen molar-refractivity contribution >= 4 is 28.8 Å². The first-order valence-electron chi connectivity index (χ1n) is 6.05. The Kier molecular flexibility index (Phi) is 3.57. The lowest BCUT2D eigenvalue weighted by molar-refractivity contribution is 0.628. The third kappa shape index (κ3) is 2.72. The molecule has 106 valence electrons. The van der Waals surface area contributed by atoms with Gasteiger partial charge in [0.2, 0.25) is 0 Å². The van der Waals surface area contributed by atoms with E-state index in [4.69, 9.17) is 17.3 Å². The number of benzene rings is 1. The predicted molar refractivity (Wildman–Crippen MR) is 82.7 cm³/mol. The van der Waals surface area contributed by atoms with Crippen LogP contribution in [0.15, 0.2) is 29.8 Å². The first-order chi connectivity index (χ1) is 10.0. The van der Waals surface area contributed by atoms with E-state index in [0.717, 1.165) is 5.56 Å². The van der Waals surface area contributed by atoms with Crippen LogP contribution in [0.5, 0.6) is 0 Å². The summed E-state index contributed by atoms with van der Waals surface area (Å²) in [5.41, 5.74) is 8.03. The summed E-state index contributed by atoms with van der Waals surface area (Å²) in [6.07, 6.45) is 1.65. The van der Waals surface area contributed by atoms with Crippen LogP contribution < -0.4 is 5.73 Å². The lowest BCUT2D eigenvalue weighted by Crippen LogP contribution is -1.98. The Morgan fingerprint density at radius 1 is 1.29 bits per heavy atom. The molecule has 4 nitrogen and oxygen atoms in total. The van der Waals surface area contributed by atoms with Gasteiger partial charge in [-0.1, -0.05) is 11.6 Å². The minimum atomic E-state index is -0.452. The van der Waals surface area contributed by atoms with E-state index in [0.29, 0.717) is 27.9 Å². The fraction of sp³-hybridized carbons (Fsp3) is 0.0714. The van der Waals surface area contributed by atoms with Crippen LogP contribution in [0.25, 0.3) is 21.8 Å². The number of aryl methyl sites for hydroxylation is 1. The molecule has 0 radical (unpaired) electrons. The molecule has 0 fully saturated rings. The standard InChI is InChI=1S/C14H10ClFN4S/c1-7-18-5-9(13(17)19-7)14-20-12(6-21-14)8-2-3-11(16)10(15)4-8/h2-6H,1H3,(H2,17,18,19). The van der Waals surface area contributed by atoms with E-state index in [2.05, 4.69) is 15.0 Å². The molecule has 3 rings (SSSR count). The maximum absolute atomic E-state index is 13.2. The molecule has 2 N–H and O–H groups in total. The van der Waals surface area contributed by atoms with Gasteiger partial charge in [-0.25, -0.2) is 19.3 Å². The van der Waals surface area contributed by atoms with Crippen molar-refractivity contribution in [2.75, 3.05) is 5.73 Å². The molecule has 2 heterocycles. The molecule has 0 atom stereocenters. The Morgan fingerprint density at radius 2 is 2.10 bits per heavy atom. The Hall–Kier alpha value is -2.05. The molecule has 0 spiro atoms. The third-order valence-electron chi connectivity index (χ3n) is 2.89. The number of nitrogen functional groups attached to an aromatic ring is 1. The lowest BCUT2D eigenvalue weighted by atomic mass is 10.2. The number of aromatic nitrogens is 3. The highest BCUT2D eigenvalue weighted by Crippen LogP contribution is 2.32. The molecule has 2 aromatic heterocycles. The summed E-state index contributed by atoms with van der Waals surface area (Å²) >= 11 is 7.21. The van der Waals surface area contributed by atoms with Crippen LogP contribution in [0.4, 0.5) is 10.2 Å². The molecule has 0 aliphatic carbocycles. The van der Waals surface area contributed by atoms with Crippen LogP contribution in [0.3, 0.4) is 0 Å². The van der Waals surface area contributed by atoms with Crippen molar-refractivity contribution in [2.24, 2.45) is 0 Å². The van der Waals surface area contributed by atoms with Crippen LogP contribution in [-0.2, 0) is 0 Å². The molecule has 0 unspecified atom stereocenters. The molecule has 0 amide bonds. The van der Waals surface area contributed by atoms with Crippen LogP contribution in [0.2, 0.25) is 5.02 Å². The van der Waals surface area contributed by atoms with Crippen LogP contribution >= 0.6 is 22.9 Å². The van der Waals surface area contributed by atoms with E-state index in [-0.39, 0.29) is 5.02 Å². The molecule has 0 aliphatic rings. The minimum absolute atomic E-state index is 0.0697. The van der Waals surface area contributed by atoms with Crippen molar-refractivity contribution in [1.82, 2.24) is 15.0 Å². The van der Waals surface area contributed by atoms with E-state index in [9.17, 15) is 4.39 Å². The minimum Gasteiger partial charge on any atom is -0.383 e. The quantitative estimate of drug-likeness (QED) is 0.776. The zero-order valence-electron chi connectivity index (χ0n) is 11.0. The lowest BCUT2D eigenvalue weighted by Gasteiger charge is -2.01. The van der Waals surface area contributed by atoms with E-state index in [1.807, 2.05) is 5.38 Å². The average Bonchev–Trinajstić information content (AvgIpc) is 2.91. The molecule has 0 saturated heterocycles. The number of anilines is 1. The highest BCUT2D eigenvalue weighted by molar-refractivity contribution is 7.13. The number of nitrogens with zero attached hydrogens (tertiary/aromatic N) is 3. The number of hydrogen-bond acceptors (Lipinski definition) is 5. The second kappa shape index (κ2) is 5.38. The van der Waals surface area contributed by atoms with Gasteiger partial charge in [-0.2, -0.15) is 0 Å². The normalized spacial score (nSPS) is 10.8. The monoisotopic (exact) mass is 320 g/mol. The number of thiazole rings is 1. The molecule has 0 saturated carbocycles. The topological polar surface area (TPSA) is 64.7 Å². The predicted octanol–water partition coefficient (Wildman–Crippen LogP) is 3.95. The zero-order chi connectivity index (χ0) is 15.0. The van der Waals surface area contributed by atoms with Crippen molar-refractivity contribution in [3.63, 3.8) is 0 Å². The fourth-order valence-electron chi connectivity index (χ4n) is 1.84. The smallest absolute Gasteiger partial charge is 0.141 e. The number of nitrogens with two attached hydrogens (primary N) is 1. The highest BCUT2D eigenvalue weighted by atomic mass is 35.5. The Bertz CT molecular complexity index is 818. The van der Waals surface area contributed by atoms with Crippen molar-refractivity contribution in [3.05, 3.63) is 46.4 Å². The molecular formula is C14H10ClFN4S. The van der Waals surface area contributed by atoms with Gasteiger partial charge in [0.1, 0.15) is 22.5 Å². The maximum Gasteiger partial charge on any atom is 0.141 e. The van der Waals surface area contributed by atoms with E-state index >= 15 is 0 Å². The van der Waals surface area contributed by atoms with Gasteiger partial charge in [-0.15, -0.1) is 11.3 Å². The van der Waals surface area contributed by atoms with Crippen LogP contribution in [0, 0.1) is 12.7 Å². The van der Waals surface area contributed by atoms with E-state index < -0.39 is 5.82 Å². The average molecular weight is 321 g/mol. The van der Waals surface area contributed by atoms with Gasteiger partial charge in [-0.05, 0) is 25.1 Å². The first-order valence-corrected chi connectivity index (χ1v) is 7.31. The maximum atomic E-state index is 13.2. The first kappa shape index (κ1) is 13.9. The van der Waals surface area contributed by atoms with Crippen molar-refractivity contribution in [1.29, 1.82) is 0 Å². The third-order valence-corrected chi connectivity index (χ3v) is 4.05. The second-order valence-corrected chi connectivity index (χ2v) is 5.65. The van der Waals surface area contributed by atoms with Crippen molar-refractivity contribution in [3.8, 4) is 21.8 Å². The summed E-state index contributed by atoms with van der Waals surface area (Å²) in [6, 6.07) is 4.50. The van der Waals surface area contributed by atoms with Crippen molar-refractivity contribution in [2.45, 2.75) is 6.92 Å². The van der Waals surface area contributed by atoms with Gasteiger partial charge in [0, 0.05) is 17.1 Å². The summed E-state index contributed by atoms with van der Waals surface area (Å²) in [5, 5.41) is 2.64. The van der Waals surface area contributed by atoms with Gasteiger partial charge in [0.15, 0.2) is 0 Å².